The number of nitro groups is 1. The van der Waals surface area contributed by atoms with Crippen molar-refractivity contribution in [2.75, 3.05) is 6.54 Å². The molecule has 0 aliphatic heterocycles. The highest BCUT2D eigenvalue weighted by molar-refractivity contribution is 5.95. The van der Waals surface area contributed by atoms with Crippen LogP contribution in [0.5, 0.6) is 0 Å². The summed E-state index contributed by atoms with van der Waals surface area (Å²) >= 11 is 0. The van der Waals surface area contributed by atoms with E-state index in [9.17, 15) is 14.9 Å². The van der Waals surface area contributed by atoms with Gasteiger partial charge in [0.2, 0.25) is 0 Å². The SMILES string of the molecule is NCC(NC(=O)c1ccc(-n2cncn2)c([N+](=O)[O-])c1)C1CCCCC1. The van der Waals surface area contributed by atoms with Crippen molar-refractivity contribution >= 4 is 11.6 Å². The first-order valence-electron chi connectivity index (χ1n) is 8.74. The third-order valence-electron chi connectivity index (χ3n) is 4.89. The summed E-state index contributed by atoms with van der Waals surface area (Å²) in [7, 11) is 0. The van der Waals surface area contributed by atoms with E-state index in [4.69, 9.17) is 5.73 Å². The zero-order valence-electron chi connectivity index (χ0n) is 14.4. The molecule has 1 aromatic carbocycles. The van der Waals surface area contributed by atoms with Crippen LogP contribution in [0.3, 0.4) is 0 Å². The van der Waals surface area contributed by atoms with Crippen molar-refractivity contribution in [3.63, 3.8) is 0 Å². The van der Waals surface area contributed by atoms with Crippen LogP contribution >= 0.6 is 0 Å². The lowest BCUT2D eigenvalue weighted by molar-refractivity contribution is -0.384. The number of aromatic nitrogens is 3. The van der Waals surface area contributed by atoms with Crippen molar-refractivity contribution in [3.8, 4) is 5.69 Å². The monoisotopic (exact) mass is 358 g/mol. The van der Waals surface area contributed by atoms with E-state index in [0.29, 0.717) is 12.5 Å². The number of carbonyl (C=O) groups is 1. The maximum Gasteiger partial charge on any atom is 0.295 e. The molecule has 0 saturated heterocycles. The zero-order valence-corrected chi connectivity index (χ0v) is 14.4. The van der Waals surface area contributed by atoms with Gasteiger partial charge in [-0.1, -0.05) is 19.3 Å². The number of nitrogens with zero attached hydrogens (tertiary/aromatic N) is 4. The molecule has 3 N–H and O–H groups in total. The highest BCUT2D eigenvalue weighted by Crippen LogP contribution is 2.27. The van der Waals surface area contributed by atoms with Crippen LogP contribution in [0.1, 0.15) is 42.5 Å². The molecule has 0 bridgehead atoms. The number of amides is 1. The average Bonchev–Trinajstić information content (AvgIpc) is 3.20. The molecule has 1 unspecified atom stereocenters. The Balaban J connectivity index is 1.80. The second-order valence-electron chi connectivity index (χ2n) is 6.51. The fourth-order valence-corrected chi connectivity index (χ4v) is 3.49. The van der Waals surface area contributed by atoms with Gasteiger partial charge in [-0.2, -0.15) is 5.10 Å². The largest absolute Gasteiger partial charge is 0.348 e. The van der Waals surface area contributed by atoms with E-state index in [1.807, 2.05) is 0 Å². The highest BCUT2D eigenvalue weighted by Gasteiger charge is 2.25. The van der Waals surface area contributed by atoms with E-state index in [0.717, 1.165) is 25.7 Å². The molecule has 1 atom stereocenters. The molecule has 1 saturated carbocycles. The maximum absolute atomic E-state index is 12.6. The molecule has 3 rings (SSSR count). The third-order valence-corrected chi connectivity index (χ3v) is 4.89. The number of carbonyl (C=O) groups excluding carboxylic acids is 1. The minimum Gasteiger partial charge on any atom is -0.348 e. The van der Waals surface area contributed by atoms with Crippen molar-refractivity contribution in [2.45, 2.75) is 38.1 Å². The number of nitrogens with two attached hydrogens (primary N) is 1. The number of nitro benzene ring substituents is 1. The standard InChI is InChI=1S/C17H22N6O3/c18-9-14(12-4-2-1-3-5-12)21-17(24)13-6-7-15(16(8-13)23(25)26)22-11-19-10-20-22/h6-8,10-12,14H,1-5,9,18H2,(H,21,24). The van der Waals surface area contributed by atoms with Crippen LogP contribution in [0.2, 0.25) is 0 Å². The van der Waals surface area contributed by atoms with Crippen LogP contribution in [-0.4, -0.2) is 38.2 Å². The van der Waals surface area contributed by atoms with Gasteiger partial charge in [-0.05, 0) is 30.9 Å². The minimum atomic E-state index is -0.532. The quantitative estimate of drug-likeness (QED) is 0.598. The van der Waals surface area contributed by atoms with Gasteiger partial charge in [0.1, 0.15) is 18.3 Å². The number of rotatable bonds is 6. The average molecular weight is 358 g/mol. The molecule has 138 valence electrons. The van der Waals surface area contributed by atoms with Crippen LogP contribution in [0.25, 0.3) is 5.69 Å². The second kappa shape index (κ2) is 8.05. The summed E-state index contributed by atoms with van der Waals surface area (Å²) in [6.07, 6.45) is 8.28. The first kappa shape index (κ1) is 18.0. The molecule has 1 aliphatic carbocycles. The molecular formula is C17H22N6O3. The summed E-state index contributed by atoms with van der Waals surface area (Å²) < 4.78 is 1.30. The van der Waals surface area contributed by atoms with Crippen LogP contribution < -0.4 is 11.1 Å². The molecule has 2 aromatic rings. The Morgan fingerprint density at radius 3 is 2.77 bits per heavy atom. The van der Waals surface area contributed by atoms with Gasteiger partial charge < -0.3 is 11.1 Å². The molecule has 1 aromatic heterocycles. The van der Waals surface area contributed by atoms with E-state index >= 15 is 0 Å². The van der Waals surface area contributed by atoms with E-state index < -0.39 is 4.92 Å². The summed E-state index contributed by atoms with van der Waals surface area (Å²) in [6.45, 7) is 0.357. The Hall–Kier alpha value is -2.81. The van der Waals surface area contributed by atoms with E-state index in [1.165, 1.54) is 35.9 Å². The van der Waals surface area contributed by atoms with Crippen molar-refractivity contribution < 1.29 is 9.72 Å². The van der Waals surface area contributed by atoms with Crippen LogP contribution in [0.4, 0.5) is 5.69 Å². The molecule has 1 heterocycles. The van der Waals surface area contributed by atoms with Gasteiger partial charge in [-0.3, -0.25) is 14.9 Å². The first-order chi connectivity index (χ1) is 12.6. The molecular weight excluding hydrogens is 336 g/mol. The van der Waals surface area contributed by atoms with Crippen molar-refractivity contribution in [1.82, 2.24) is 20.1 Å². The third kappa shape index (κ3) is 3.88. The smallest absolute Gasteiger partial charge is 0.295 e. The summed E-state index contributed by atoms with van der Waals surface area (Å²) in [4.78, 5) is 27.3. The van der Waals surface area contributed by atoms with Crippen molar-refractivity contribution in [2.24, 2.45) is 11.7 Å². The Kier molecular flexibility index (Phi) is 5.57. The number of hydrogen-bond donors (Lipinski definition) is 2. The van der Waals surface area contributed by atoms with E-state index in [2.05, 4.69) is 15.4 Å². The predicted molar refractivity (Wildman–Crippen MR) is 94.9 cm³/mol. The van der Waals surface area contributed by atoms with Gasteiger partial charge in [-0.25, -0.2) is 9.67 Å². The van der Waals surface area contributed by atoms with Crippen LogP contribution in [0, 0.1) is 16.0 Å². The van der Waals surface area contributed by atoms with Crippen molar-refractivity contribution in [3.05, 3.63) is 46.5 Å². The lowest BCUT2D eigenvalue weighted by atomic mass is 9.84. The van der Waals surface area contributed by atoms with Gasteiger partial charge in [0, 0.05) is 24.2 Å². The predicted octanol–water partition coefficient (Wildman–Crippen LogP) is 1.81. The second-order valence-corrected chi connectivity index (χ2v) is 6.51. The fourth-order valence-electron chi connectivity index (χ4n) is 3.49. The molecule has 1 fully saturated rings. The number of hydrogen-bond acceptors (Lipinski definition) is 6. The van der Waals surface area contributed by atoms with Gasteiger partial charge in [0.15, 0.2) is 0 Å². The normalized spacial score (nSPS) is 16.2. The lowest BCUT2D eigenvalue weighted by Gasteiger charge is -2.30. The van der Waals surface area contributed by atoms with Gasteiger partial charge in [-0.15, -0.1) is 0 Å². The van der Waals surface area contributed by atoms with Gasteiger partial charge in [0.05, 0.1) is 4.92 Å². The summed E-state index contributed by atoms with van der Waals surface area (Å²) in [5.41, 5.74) is 6.14. The van der Waals surface area contributed by atoms with Crippen LogP contribution in [-0.2, 0) is 0 Å². The van der Waals surface area contributed by atoms with Gasteiger partial charge in [0.25, 0.3) is 11.6 Å². The maximum atomic E-state index is 12.6. The zero-order chi connectivity index (χ0) is 18.5. The lowest BCUT2D eigenvalue weighted by Crippen LogP contribution is -2.45. The number of nitrogens with one attached hydrogen (secondary N) is 1. The van der Waals surface area contributed by atoms with Crippen molar-refractivity contribution in [1.29, 1.82) is 0 Å². The fraction of sp³-hybridized carbons (Fsp3) is 0.471. The van der Waals surface area contributed by atoms with E-state index in [1.54, 1.807) is 6.07 Å². The molecule has 1 amide bonds. The summed E-state index contributed by atoms with van der Waals surface area (Å²) in [5.74, 6) is 0.0152. The van der Waals surface area contributed by atoms with E-state index in [-0.39, 0.29) is 28.9 Å². The summed E-state index contributed by atoms with van der Waals surface area (Å²) in [6, 6.07) is 4.20. The van der Waals surface area contributed by atoms with Crippen LogP contribution in [0.15, 0.2) is 30.9 Å². The number of benzene rings is 1. The Bertz CT molecular complexity index is 771. The summed E-state index contributed by atoms with van der Waals surface area (Å²) in [5, 5.41) is 18.3. The minimum absolute atomic E-state index is 0.114. The Labute approximate surface area is 150 Å². The molecule has 9 nitrogen and oxygen atoms in total. The first-order valence-corrected chi connectivity index (χ1v) is 8.74. The Morgan fingerprint density at radius 1 is 1.38 bits per heavy atom. The molecule has 26 heavy (non-hydrogen) atoms. The highest BCUT2D eigenvalue weighted by atomic mass is 16.6. The molecule has 9 heteroatoms. The van der Waals surface area contributed by atoms with Gasteiger partial charge >= 0.3 is 0 Å². The Morgan fingerprint density at radius 2 is 2.15 bits per heavy atom. The molecule has 0 radical (unpaired) electrons. The molecule has 1 aliphatic rings. The topological polar surface area (TPSA) is 129 Å². The molecule has 0 spiro atoms.